The number of amides is 1. The monoisotopic (exact) mass is 349 g/mol. The molecule has 1 aliphatic carbocycles. The Kier molecular flexibility index (Phi) is 5.00. The molecule has 1 N–H and O–H groups in total. The highest BCUT2D eigenvalue weighted by molar-refractivity contribution is 7.91. The van der Waals surface area contributed by atoms with Crippen LogP contribution >= 0.6 is 0 Å². The van der Waals surface area contributed by atoms with Crippen LogP contribution in [0.1, 0.15) is 49.7 Å². The van der Waals surface area contributed by atoms with E-state index in [0.717, 1.165) is 12.8 Å². The van der Waals surface area contributed by atoms with Crippen LogP contribution in [0.3, 0.4) is 0 Å². The van der Waals surface area contributed by atoms with Crippen LogP contribution in [0, 0.1) is 12.8 Å². The minimum Gasteiger partial charge on any atom is -0.355 e. The van der Waals surface area contributed by atoms with Gasteiger partial charge in [0.2, 0.25) is 5.91 Å². The lowest BCUT2D eigenvalue weighted by Crippen LogP contribution is -2.44. The fourth-order valence-corrected chi connectivity index (χ4v) is 6.08. The highest BCUT2D eigenvalue weighted by atomic mass is 32.2. The zero-order valence-electron chi connectivity index (χ0n) is 14.4. The van der Waals surface area contributed by atoms with Crippen LogP contribution < -0.4 is 5.32 Å². The number of benzene rings is 1. The molecule has 0 radical (unpaired) electrons. The molecule has 0 spiro atoms. The third kappa shape index (κ3) is 3.66. The van der Waals surface area contributed by atoms with Crippen molar-refractivity contribution in [1.29, 1.82) is 0 Å². The standard InChI is InChI=1S/C19H27NO3S/c1-15-7-3-4-8-17(15)19(10-5-2-6-11-19)14-20-18(21)16-9-12-24(22,23)13-16/h3-4,7-8,16H,2,5-6,9-14H2,1H3,(H,20,21)/t16-/m0/s1. The summed E-state index contributed by atoms with van der Waals surface area (Å²) < 4.78 is 23.2. The summed E-state index contributed by atoms with van der Waals surface area (Å²) in [5.41, 5.74) is 2.61. The van der Waals surface area contributed by atoms with E-state index >= 15 is 0 Å². The third-order valence-corrected chi connectivity index (χ3v) is 7.50. The maximum absolute atomic E-state index is 12.5. The van der Waals surface area contributed by atoms with Crippen molar-refractivity contribution in [2.75, 3.05) is 18.1 Å². The van der Waals surface area contributed by atoms with Crippen LogP contribution in [0.4, 0.5) is 0 Å². The molecule has 1 aromatic carbocycles. The average molecular weight is 349 g/mol. The predicted molar refractivity (Wildman–Crippen MR) is 95.7 cm³/mol. The summed E-state index contributed by atoms with van der Waals surface area (Å²) in [5, 5.41) is 3.10. The maximum atomic E-state index is 12.5. The summed E-state index contributed by atoms with van der Waals surface area (Å²) in [4.78, 5) is 12.5. The molecule has 1 saturated heterocycles. The number of carbonyl (C=O) groups excluding carboxylic acids is 1. The van der Waals surface area contributed by atoms with E-state index in [9.17, 15) is 13.2 Å². The molecule has 1 aromatic rings. The summed E-state index contributed by atoms with van der Waals surface area (Å²) in [6.45, 7) is 2.75. The molecule has 5 heteroatoms. The highest BCUT2D eigenvalue weighted by Crippen LogP contribution is 2.40. The van der Waals surface area contributed by atoms with E-state index in [-0.39, 0.29) is 28.7 Å². The van der Waals surface area contributed by atoms with E-state index in [1.807, 2.05) is 0 Å². The Morgan fingerprint density at radius 2 is 1.92 bits per heavy atom. The van der Waals surface area contributed by atoms with Crippen LogP contribution in [0.15, 0.2) is 24.3 Å². The molecule has 2 aliphatic rings. The summed E-state index contributed by atoms with van der Waals surface area (Å²) in [7, 11) is -3.02. The van der Waals surface area contributed by atoms with Crippen LogP contribution in [0.5, 0.6) is 0 Å². The Labute approximate surface area is 145 Å². The normalized spacial score (nSPS) is 25.3. The summed E-state index contributed by atoms with van der Waals surface area (Å²) in [6.07, 6.45) is 6.25. The Balaban J connectivity index is 1.74. The van der Waals surface area contributed by atoms with Crippen LogP contribution in [0.2, 0.25) is 0 Å². The zero-order valence-corrected chi connectivity index (χ0v) is 15.2. The smallest absolute Gasteiger partial charge is 0.224 e. The molecule has 0 aromatic heterocycles. The molecule has 0 bridgehead atoms. The number of sulfone groups is 1. The molecule has 2 fully saturated rings. The number of carbonyl (C=O) groups is 1. The van der Waals surface area contributed by atoms with Gasteiger partial charge in [0.1, 0.15) is 0 Å². The molecule has 1 amide bonds. The fourth-order valence-electron chi connectivity index (χ4n) is 4.34. The van der Waals surface area contributed by atoms with E-state index in [1.54, 1.807) is 0 Å². The van der Waals surface area contributed by atoms with Crippen LogP contribution in [0.25, 0.3) is 0 Å². The second-order valence-electron chi connectivity index (χ2n) is 7.47. The lowest BCUT2D eigenvalue weighted by molar-refractivity contribution is -0.124. The van der Waals surface area contributed by atoms with Gasteiger partial charge in [-0.25, -0.2) is 8.42 Å². The first kappa shape index (κ1) is 17.5. The molecular formula is C19H27NO3S. The largest absolute Gasteiger partial charge is 0.355 e. The first-order valence-electron chi connectivity index (χ1n) is 8.96. The van der Waals surface area contributed by atoms with Crippen molar-refractivity contribution in [1.82, 2.24) is 5.32 Å². The Morgan fingerprint density at radius 3 is 2.54 bits per heavy atom. The highest BCUT2D eigenvalue weighted by Gasteiger charge is 2.37. The number of rotatable bonds is 4. The lowest BCUT2D eigenvalue weighted by atomic mass is 9.68. The zero-order chi connectivity index (χ0) is 17.2. The predicted octanol–water partition coefficient (Wildman–Crippen LogP) is 2.75. The molecule has 132 valence electrons. The molecule has 1 aliphatic heterocycles. The topological polar surface area (TPSA) is 63.2 Å². The van der Waals surface area contributed by atoms with Gasteiger partial charge in [0.15, 0.2) is 9.84 Å². The van der Waals surface area contributed by atoms with Crippen LogP contribution in [-0.4, -0.2) is 32.4 Å². The summed E-state index contributed by atoms with van der Waals surface area (Å²) >= 11 is 0. The molecule has 24 heavy (non-hydrogen) atoms. The lowest BCUT2D eigenvalue weighted by Gasteiger charge is -2.39. The molecule has 1 heterocycles. The number of hydrogen-bond donors (Lipinski definition) is 1. The second-order valence-corrected chi connectivity index (χ2v) is 9.70. The SMILES string of the molecule is Cc1ccccc1C1(CNC(=O)[C@H]2CCS(=O)(=O)C2)CCCCC1. The molecule has 4 nitrogen and oxygen atoms in total. The summed E-state index contributed by atoms with van der Waals surface area (Å²) in [5.74, 6) is -0.299. The average Bonchev–Trinajstić information content (AvgIpc) is 2.94. The first-order valence-corrected chi connectivity index (χ1v) is 10.8. The van der Waals surface area contributed by atoms with Crippen molar-refractivity contribution in [3.63, 3.8) is 0 Å². The van der Waals surface area contributed by atoms with Crippen molar-refractivity contribution in [2.24, 2.45) is 5.92 Å². The van der Waals surface area contributed by atoms with Gasteiger partial charge in [-0.05, 0) is 37.3 Å². The number of hydrogen-bond acceptors (Lipinski definition) is 3. The Morgan fingerprint density at radius 1 is 1.21 bits per heavy atom. The fraction of sp³-hybridized carbons (Fsp3) is 0.632. The van der Waals surface area contributed by atoms with Crippen molar-refractivity contribution in [2.45, 2.75) is 50.9 Å². The van der Waals surface area contributed by atoms with E-state index in [2.05, 4.69) is 36.5 Å². The Hall–Kier alpha value is -1.36. The van der Waals surface area contributed by atoms with E-state index in [4.69, 9.17) is 0 Å². The van der Waals surface area contributed by atoms with Gasteiger partial charge in [0.05, 0.1) is 17.4 Å². The Bertz CT molecular complexity index is 705. The number of aryl methyl sites for hydroxylation is 1. The van der Waals surface area contributed by atoms with Crippen LogP contribution in [-0.2, 0) is 20.0 Å². The third-order valence-electron chi connectivity index (χ3n) is 5.73. The minimum atomic E-state index is -3.02. The van der Waals surface area contributed by atoms with Gasteiger partial charge in [-0.3, -0.25) is 4.79 Å². The van der Waals surface area contributed by atoms with Gasteiger partial charge in [-0.1, -0.05) is 43.5 Å². The van der Waals surface area contributed by atoms with Crippen molar-refractivity contribution in [3.8, 4) is 0 Å². The van der Waals surface area contributed by atoms with Gasteiger partial charge in [0, 0.05) is 12.0 Å². The minimum absolute atomic E-state index is 0.00324. The van der Waals surface area contributed by atoms with Crippen molar-refractivity contribution >= 4 is 15.7 Å². The van der Waals surface area contributed by atoms with Gasteiger partial charge in [-0.15, -0.1) is 0 Å². The van der Waals surface area contributed by atoms with E-state index < -0.39 is 9.84 Å². The van der Waals surface area contributed by atoms with Crippen molar-refractivity contribution < 1.29 is 13.2 Å². The quantitative estimate of drug-likeness (QED) is 0.909. The van der Waals surface area contributed by atoms with Gasteiger partial charge >= 0.3 is 0 Å². The first-order chi connectivity index (χ1) is 11.4. The van der Waals surface area contributed by atoms with E-state index in [1.165, 1.54) is 30.4 Å². The maximum Gasteiger partial charge on any atom is 0.224 e. The number of nitrogens with one attached hydrogen (secondary N) is 1. The second kappa shape index (κ2) is 6.87. The van der Waals surface area contributed by atoms with Gasteiger partial charge in [-0.2, -0.15) is 0 Å². The molecular weight excluding hydrogens is 322 g/mol. The molecule has 1 atom stereocenters. The van der Waals surface area contributed by atoms with Crippen molar-refractivity contribution in [3.05, 3.63) is 35.4 Å². The molecule has 0 unspecified atom stereocenters. The van der Waals surface area contributed by atoms with E-state index in [0.29, 0.717) is 13.0 Å². The van der Waals surface area contributed by atoms with Gasteiger partial charge < -0.3 is 5.32 Å². The van der Waals surface area contributed by atoms with Gasteiger partial charge in [0.25, 0.3) is 0 Å². The molecule has 3 rings (SSSR count). The molecule has 1 saturated carbocycles. The summed E-state index contributed by atoms with van der Waals surface area (Å²) in [6, 6.07) is 8.45.